The fourth-order valence-electron chi connectivity index (χ4n) is 2.71. The summed E-state index contributed by atoms with van der Waals surface area (Å²) in [5.41, 5.74) is 3.09. The van der Waals surface area contributed by atoms with Gasteiger partial charge in [0, 0.05) is 17.2 Å². The first-order valence-electron chi connectivity index (χ1n) is 6.12. The zero-order valence-corrected chi connectivity index (χ0v) is 10.5. The van der Waals surface area contributed by atoms with Crippen molar-refractivity contribution in [3.8, 4) is 10.6 Å². The van der Waals surface area contributed by atoms with Crippen LogP contribution in [0.4, 0.5) is 0 Å². The third kappa shape index (κ3) is 1.91. The van der Waals surface area contributed by atoms with E-state index in [1.54, 1.807) is 11.3 Å². The lowest BCUT2D eigenvalue weighted by Gasteiger charge is -2.08. The van der Waals surface area contributed by atoms with Crippen LogP contribution in [0.2, 0.25) is 0 Å². The van der Waals surface area contributed by atoms with E-state index in [1.165, 1.54) is 25.7 Å². The zero-order valence-electron chi connectivity index (χ0n) is 9.65. The van der Waals surface area contributed by atoms with Gasteiger partial charge < -0.3 is 5.11 Å². The Morgan fingerprint density at radius 3 is 2.88 bits per heavy atom. The largest absolute Gasteiger partial charge is 0.392 e. The molecule has 0 aliphatic heterocycles. The van der Waals surface area contributed by atoms with E-state index in [2.05, 4.69) is 16.3 Å². The topological polar surface area (TPSA) is 48.9 Å². The first kappa shape index (κ1) is 11.0. The minimum atomic E-state index is 0.0789. The van der Waals surface area contributed by atoms with Crippen molar-refractivity contribution >= 4 is 11.3 Å². The first-order chi connectivity index (χ1) is 8.40. The Kier molecular flexibility index (Phi) is 2.99. The van der Waals surface area contributed by atoms with Crippen LogP contribution in [0.3, 0.4) is 0 Å². The van der Waals surface area contributed by atoms with Crippen molar-refractivity contribution < 1.29 is 5.11 Å². The average molecular weight is 248 g/mol. The summed E-state index contributed by atoms with van der Waals surface area (Å²) in [4.78, 5) is 1.13. The van der Waals surface area contributed by atoms with Gasteiger partial charge in [-0.25, -0.2) is 0 Å². The van der Waals surface area contributed by atoms with Gasteiger partial charge >= 0.3 is 0 Å². The fraction of sp³-hybridized carbons (Fsp3) is 0.462. The molecule has 2 aromatic rings. The molecule has 1 saturated carbocycles. The van der Waals surface area contributed by atoms with E-state index in [0.29, 0.717) is 5.92 Å². The Morgan fingerprint density at radius 1 is 1.41 bits per heavy atom. The van der Waals surface area contributed by atoms with Gasteiger partial charge in [0.2, 0.25) is 0 Å². The molecule has 0 spiro atoms. The molecule has 90 valence electrons. The third-order valence-corrected chi connectivity index (χ3v) is 4.45. The highest BCUT2D eigenvalue weighted by Crippen LogP contribution is 2.38. The van der Waals surface area contributed by atoms with Crippen molar-refractivity contribution in [1.29, 1.82) is 0 Å². The fourth-order valence-corrected chi connectivity index (χ4v) is 3.45. The summed E-state index contributed by atoms with van der Waals surface area (Å²) in [5.74, 6) is 0.568. The van der Waals surface area contributed by atoms with E-state index >= 15 is 0 Å². The maximum Gasteiger partial charge on any atom is 0.108 e. The molecule has 3 nitrogen and oxygen atoms in total. The lowest BCUT2D eigenvalue weighted by molar-refractivity contribution is 0.280. The molecular weight excluding hydrogens is 232 g/mol. The number of rotatable bonds is 3. The van der Waals surface area contributed by atoms with Gasteiger partial charge in [-0.15, -0.1) is 11.3 Å². The molecule has 0 aromatic carbocycles. The van der Waals surface area contributed by atoms with Crippen molar-refractivity contribution in [1.82, 2.24) is 10.2 Å². The smallest absolute Gasteiger partial charge is 0.108 e. The second kappa shape index (κ2) is 4.63. The van der Waals surface area contributed by atoms with Gasteiger partial charge in [0.15, 0.2) is 0 Å². The number of nitrogens with zero attached hydrogens (tertiary/aromatic N) is 1. The number of aromatic amines is 1. The highest BCUT2D eigenvalue weighted by atomic mass is 32.1. The predicted octanol–water partition coefficient (Wildman–Crippen LogP) is 3.29. The van der Waals surface area contributed by atoms with E-state index in [0.717, 1.165) is 21.8 Å². The molecule has 0 radical (unpaired) electrons. The monoisotopic (exact) mass is 248 g/mol. The minimum absolute atomic E-state index is 0.0789. The van der Waals surface area contributed by atoms with E-state index in [-0.39, 0.29) is 6.61 Å². The predicted molar refractivity (Wildman–Crippen MR) is 69.0 cm³/mol. The first-order valence-corrected chi connectivity index (χ1v) is 7.00. The van der Waals surface area contributed by atoms with Crippen LogP contribution in [0.25, 0.3) is 10.6 Å². The van der Waals surface area contributed by atoms with Crippen LogP contribution < -0.4 is 0 Å². The lowest BCUT2D eigenvalue weighted by Crippen LogP contribution is -1.98. The van der Waals surface area contributed by atoms with Gasteiger partial charge in [-0.3, -0.25) is 5.10 Å². The van der Waals surface area contributed by atoms with Crippen LogP contribution in [0.5, 0.6) is 0 Å². The summed E-state index contributed by atoms with van der Waals surface area (Å²) >= 11 is 1.67. The van der Waals surface area contributed by atoms with Crippen molar-refractivity contribution in [2.24, 2.45) is 0 Å². The number of H-pyrrole nitrogens is 1. The molecule has 0 unspecified atom stereocenters. The van der Waals surface area contributed by atoms with Crippen molar-refractivity contribution in [2.45, 2.75) is 38.2 Å². The summed E-state index contributed by atoms with van der Waals surface area (Å²) in [7, 11) is 0. The summed E-state index contributed by atoms with van der Waals surface area (Å²) < 4.78 is 0. The van der Waals surface area contributed by atoms with Crippen molar-refractivity contribution in [3.63, 3.8) is 0 Å². The maximum atomic E-state index is 9.59. The van der Waals surface area contributed by atoms with Crippen molar-refractivity contribution in [3.05, 3.63) is 28.8 Å². The highest BCUT2D eigenvalue weighted by Gasteiger charge is 2.24. The highest BCUT2D eigenvalue weighted by molar-refractivity contribution is 7.13. The van der Waals surface area contributed by atoms with Gasteiger partial charge in [0.25, 0.3) is 0 Å². The molecule has 1 aliphatic carbocycles. The summed E-state index contributed by atoms with van der Waals surface area (Å²) in [6.45, 7) is 0.0789. The van der Waals surface area contributed by atoms with Crippen LogP contribution in [-0.4, -0.2) is 15.3 Å². The lowest BCUT2D eigenvalue weighted by atomic mass is 9.99. The van der Waals surface area contributed by atoms with Gasteiger partial charge in [-0.05, 0) is 24.3 Å². The van der Waals surface area contributed by atoms with Crippen LogP contribution in [0.1, 0.15) is 42.9 Å². The molecule has 0 amide bonds. The van der Waals surface area contributed by atoms with Crippen LogP contribution in [-0.2, 0) is 6.61 Å². The normalized spacial score (nSPS) is 16.8. The van der Waals surface area contributed by atoms with Crippen LogP contribution in [0, 0.1) is 0 Å². The van der Waals surface area contributed by atoms with Gasteiger partial charge in [0.05, 0.1) is 11.5 Å². The number of aliphatic hydroxyl groups excluding tert-OH is 1. The van der Waals surface area contributed by atoms with Gasteiger partial charge in [0.1, 0.15) is 5.69 Å². The second-order valence-corrected chi connectivity index (χ2v) is 5.53. The number of aromatic nitrogens is 2. The number of hydrogen-bond acceptors (Lipinski definition) is 3. The van der Waals surface area contributed by atoms with Crippen LogP contribution in [0.15, 0.2) is 17.5 Å². The molecule has 0 atom stereocenters. The van der Waals surface area contributed by atoms with E-state index < -0.39 is 0 Å². The molecular formula is C13H16N2OS. The molecule has 17 heavy (non-hydrogen) atoms. The molecule has 3 rings (SSSR count). The Hall–Kier alpha value is -1.13. The zero-order chi connectivity index (χ0) is 11.7. The maximum absolute atomic E-state index is 9.59. The Morgan fingerprint density at radius 2 is 2.24 bits per heavy atom. The Balaban J connectivity index is 2.00. The average Bonchev–Trinajstić information content (AvgIpc) is 3.09. The van der Waals surface area contributed by atoms with Crippen molar-refractivity contribution in [2.75, 3.05) is 0 Å². The quantitative estimate of drug-likeness (QED) is 0.875. The van der Waals surface area contributed by atoms with E-state index in [1.807, 2.05) is 11.4 Å². The molecule has 0 bridgehead atoms. The number of nitrogens with one attached hydrogen (secondary N) is 1. The Bertz CT molecular complexity index is 483. The summed E-state index contributed by atoms with van der Waals surface area (Å²) in [6, 6.07) is 4.07. The standard InChI is InChI=1S/C13H16N2OS/c16-8-10-12(9-4-1-2-5-9)14-15-13(10)11-6-3-7-17-11/h3,6-7,9,16H,1-2,4-5,8H2,(H,14,15). The summed E-state index contributed by atoms with van der Waals surface area (Å²) in [6.07, 6.45) is 5.03. The van der Waals surface area contributed by atoms with Crippen LogP contribution >= 0.6 is 11.3 Å². The number of aliphatic hydroxyl groups is 1. The molecule has 1 aliphatic rings. The third-order valence-electron chi connectivity index (χ3n) is 3.58. The Labute approximate surface area is 105 Å². The van der Waals surface area contributed by atoms with E-state index in [4.69, 9.17) is 0 Å². The molecule has 2 heterocycles. The molecule has 0 saturated heterocycles. The second-order valence-electron chi connectivity index (χ2n) is 4.58. The van der Waals surface area contributed by atoms with E-state index in [9.17, 15) is 5.11 Å². The SMILES string of the molecule is OCc1c(-c2cccs2)n[nH]c1C1CCCC1. The van der Waals surface area contributed by atoms with Gasteiger partial charge in [-0.2, -0.15) is 5.10 Å². The minimum Gasteiger partial charge on any atom is -0.392 e. The molecule has 1 fully saturated rings. The number of hydrogen-bond donors (Lipinski definition) is 2. The molecule has 2 N–H and O–H groups in total. The number of thiophene rings is 1. The summed E-state index contributed by atoms with van der Waals surface area (Å²) in [5, 5.41) is 19.2. The van der Waals surface area contributed by atoms with Gasteiger partial charge in [-0.1, -0.05) is 18.9 Å². The molecule has 4 heteroatoms. The molecule has 2 aromatic heterocycles.